The van der Waals surface area contributed by atoms with E-state index in [2.05, 4.69) is 25.6 Å². The molecule has 0 saturated heterocycles. The molecule has 0 fully saturated rings. The van der Waals surface area contributed by atoms with Crippen molar-refractivity contribution in [3.8, 4) is 0 Å². The summed E-state index contributed by atoms with van der Waals surface area (Å²) in [6.07, 6.45) is 0.603. The van der Waals surface area contributed by atoms with Gasteiger partial charge >= 0.3 is 11.4 Å². The van der Waals surface area contributed by atoms with Gasteiger partial charge in [0, 0.05) is 23.5 Å². The van der Waals surface area contributed by atoms with E-state index in [1.807, 2.05) is 13.8 Å². The first-order chi connectivity index (χ1) is 19.0. The summed E-state index contributed by atoms with van der Waals surface area (Å²) in [5.74, 6) is -0.872. The fraction of sp³-hybridized carbons (Fsp3) is 0.125. The minimum atomic E-state index is -3.98. The second-order valence-corrected chi connectivity index (χ2v) is 11.1. The van der Waals surface area contributed by atoms with Crippen molar-refractivity contribution in [3.63, 3.8) is 0 Å². The third-order valence-corrected chi connectivity index (χ3v) is 7.95. The molecule has 0 spiro atoms. The number of nitrogens with one attached hydrogen (secondary N) is 3. The highest BCUT2D eigenvalue weighted by Gasteiger charge is 2.29. The first kappa shape index (κ1) is 28.1. The third-order valence-electron chi connectivity index (χ3n) is 5.49. The molecule has 4 aromatic rings. The molecule has 0 bridgehead atoms. The van der Waals surface area contributed by atoms with Crippen LogP contribution in [0.5, 0.6) is 0 Å². The molecule has 0 atom stereocenters. The molecule has 1 aromatic heterocycles. The topological polar surface area (TPSA) is 199 Å². The number of hydrogen-bond acceptors (Lipinski definition) is 11. The van der Waals surface area contributed by atoms with Crippen molar-refractivity contribution in [2.45, 2.75) is 25.2 Å². The number of carbonyl (C=O) groups excluding carboxylic acids is 1. The Kier molecular flexibility index (Phi) is 8.01. The van der Waals surface area contributed by atoms with E-state index in [1.165, 1.54) is 24.3 Å². The van der Waals surface area contributed by atoms with Crippen LogP contribution in [0.25, 0.3) is 0 Å². The molecule has 3 aromatic carbocycles. The predicted octanol–water partition coefficient (Wildman–Crippen LogP) is 5.02. The van der Waals surface area contributed by atoms with Gasteiger partial charge in [0.2, 0.25) is 5.13 Å². The van der Waals surface area contributed by atoms with E-state index in [9.17, 15) is 33.4 Å². The summed E-state index contributed by atoms with van der Waals surface area (Å²) in [5.41, 5.74) is -0.597. The van der Waals surface area contributed by atoms with Crippen molar-refractivity contribution >= 4 is 60.8 Å². The van der Waals surface area contributed by atoms with Crippen LogP contribution >= 0.6 is 11.3 Å². The van der Waals surface area contributed by atoms with Crippen LogP contribution < -0.4 is 15.4 Å². The van der Waals surface area contributed by atoms with Gasteiger partial charge in [0.05, 0.1) is 20.3 Å². The standard InChI is InChI=1S/C24H21N7O7S2/c1-3-21-27-28-24(39-21)29-40(37,38)18-10-8-17(9-11-18)26-23(32)15-12-19(30(33)34)22(20(13-15)31(35)36)25-16-6-4-14(2)5-7-16/h4-13,25H,3H2,1-2H3,(H,26,32)(H,28,29). The van der Waals surface area contributed by atoms with Crippen molar-refractivity contribution in [3.05, 3.63) is 97.0 Å². The van der Waals surface area contributed by atoms with E-state index in [4.69, 9.17) is 0 Å². The Labute approximate surface area is 231 Å². The fourth-order valence-corrected chi connectivity index (χ4v) is 5.38. The van der Waals surface area contributed by atoms with Crippen LogP contribution in [-0.2, 0) is 16.4 Å². The number of aryl methyl sites for hydroxylation is 2. The second-order valence-electron chi connectivity index (χ2n) is 8.33. The molecule has 16 heteroatoms. The summed E-state index contributed by atoms with van der Waals surface area (Å²) in [4.78, 5) is 34.7. The van der Waals surface area contributed by atoms with E-state index in [0.29, 0.717) is 17.1 Å². The maximum atomic E-state index is 12.9. The summed E-state index contributed by atoms with van der Waals surface area (Å²) in [6.45, 7) is 3.70. The Balaban J connectivity index is 1.57. The van der Waals surface area contributed by atoms with Crippen molar-refractivity contribution in [1.29, 1.82) is 0 Å². The number of anilines is 4. The Morgan fingerprint density at radius 2 is 1.50 bits per heavy atom. The molecule has 1 amide bonds. The molecule has 0 unspecified atom stereocenters. The van der Waals surface area contributed by atoms with Gasteiger partial charge in [-0.05, 0) is 49.7 Å². The van der Waals surface area contributed by atoms with Gasteiger partial charge in [0.15, 0.2) is 5.69 Å². The van der Waals surface area contributed by atoms with Gasteiger partial charge in [-0.15, -0.1) is 10.2 Å². The number of nitro groups is 2. The van der Waals surface area contributed by atoms with Crippen LogP contribution in [0.1, 0.15) is 27.9 Å². The van der Waals surface area contributed by atoms with E-state index < -0.39 is 37.2 Å². The van der Waals surface area contributed by atoms with Crippen LogP contribution in [0.2, 0.25) is 0 Å². The monoisotopic (exact) mass is 583 g/mol. The van der Waals surface area contributed by atoms with Crippen molar-refractivity contribution in [2.75, 3.05) is 15.4 Å². The van der Waals surface area contributed by atoms with Crippen molar-refractivity contribution < 1.29 is 23.1 Å². The zero-order chi connectivity index (χ0) is 29.0. The maximum absolute atomic E-state index is 12.9. The Hall–Kier alpha value is -4.96. The minimum Gasteiger partial charge on any atom is -0.344 e. The Morgan fingerprint density at radius 3 is 2.02 bits per heavy atom. The third kappa shape index (κ3) is 6.36. The predicted molar refractivity (Wildman–Crippen MR) is 149 cm³/mol. The number of sulfonamides is 1. The first-order valence-corrected chi connectivity index (χ1v) is 13.8. The smallest absolute Gasteiger partial charge is 0.300 e. The summed E-state index contributed by atoms with van der Waals surface area (Å²) in [5, 5.41) is 37.2. The highest BCUT2D eigenvalue weighted by Crippen LogP contribution is 2.38. The van der Waals surface area contributed by atoms with Crippen LogP contribution in [0.3, 0.4) is 0 Å². The highest BCUT2D eigenvalue weighted by molar-refractivity contribution is 7.93. The molecular weight excluding hydrogens is 562 g/mol. The number of benzene rings is 3. The lowest BCUT2D eigenvalue weighted by atomic mass is 10.1. The van der Waals surface area contributed by atoms with Gasteiger partial charge in [0.25, 0.3) is 15.9 Å². The molecule has 0 radical (unpaired) electrons. The SMILES string of the molecule is CCc1nnc(NS(=O)(=O)c2ccc(NC(=O)c3cc([N+](=O)[O-])c(Nc4ccc(C)cc4)c([N+](=O)[O-])c3)cc2)s1. The average Bonchev–Trinajstić information content (AvgIpc) is 3.36. The molecule has 206 valence electrons. The zero-order valence-electron chi connectivity index (χ0n) is 20.9. The van der Waals surface area contributed by atoms with Crippen LogP contribution in [0.4, 0.5) is 33.6 Å². The quantitative estimate of drug-likeness (QED) is 0.168. The summed E-state index contributed by atoms with van der Waals surface area (Å²) < 4.78 is 27.6. The molecule has 40 heavy (non-hydrogen) atoms. The number of rotatable bonds is 10. The first-order valence-electron chi connectivity index (χ1n) is 11.5. The normalized spacial score (nSPS) is 11.1. The van der Waals surface area contributed by atoms with Gasteiger partial charge < -0.3 is 10.6 Å². The molecular formula is C24H21N7O7S2. The summed E-state index contributed by atoms with van der Waals surface area (Å²) in [7, 11) is -3.98. The van der Waals surface area contributed by atoms with Gasteiger partial charge in [-0.25, -0.2) is 8.42 Å². The summed E-state index contributed by atoms with van der Waals surface area (Å²) in [6, 6.07) is 13.6. The largest absolute Gasteiger partial charge is 0.344 e. The van der Waals surface area contributed by atoms with Crippen LogP contribution in [0.15, 0.2) is 65.6 Å². The molecule has 0 saturated carbocycles. The highest BCUT2D eigenvalue weighted by atomic mass is 32.2. The molecule has 1 heterocycles. The second kappa shape index (κ2) is 11.4. The van der Waals surface area contributed by atoms with Crippen molar-refractivity contribution in [1.82, 2.24) is 10.2 Å². The van der Waals surface area contributed by atoms with Gasteiger partial charge in [-0.2, -0.15) is 0 Å². The molecule has 14 nitrogen and oxygen atoms in total. The van der Waals surface area contributed by atoms with E-state index in [1.54, 1.807) is 24.3 Å². The van der Waals surface area contributed by atoms with E-state index in [-0.39, 0.29) is 27.0 Å². The van der Waals surface area contributed by atoms with E-state index in [0.717, 1.165) is 29.0 Å². The lowest BCUT2D eigenvalue weighted by Gasteiger charge is -2.11. The van der Waals surface area contributed by atoms with Crippen LogP contribution in [-0.4, -0.2) is 34.4 Å². The number of nitro benzene ring substituents is 2. The number of carbonyl (C=O) groups is 1. The maximum Gasteiger partial charge on any atom is 0.300 e. The van der Waals surface area contributed by atoms with E-state index >= 15 is 0 Å². The zero-order valence-corrected chi connectivity index (χ0v) is 22.6. The lowest BCUT2D eigenvalue weighted by molar-refractivity contribution is -0.392. The summed E-state index contributed by atoms with van der Waals surface area (Å²) >= 11 is 1.10. The molecule has 0 aliphatic heterocycles. The van der Waals surface area contributed by atoms with Gasteiger partial charge in [-0.3, -0.25) is 29.7 Å². The number of hydrogen-bond donors (Lipinski definition) is 3. The molecule has 3 N–H and O–H groups in total. The Morgan fingerprint density at radius 1 is 0.925 bits per heavy atom. The number of nitrogens with zero attached hydrogens (tertiary/aromatic N) is 4. The average molecular weight is 584 g/mol. The fourth-order valence-electron chi connectivity index (χ4n) is 3.47. The lowest BCUT2D eigenvalue weighted by Crippen LogP contribution is -2.15. The molecule has 0 aliphatic rings. The van der Waals surface area contributed by atoms with Crippen LogP contribution in [0, 0.1) is 27.2 Å². The molecule has 0 aliphatic carbocycles. The van der Waals surface area contributed by atoms with Crippen molar-refractivity contribution in [2.24, 2.45) is 0 Å². The number of aromatic nitrogens is 2. The molecule has 4 rings (SSSR count). The van der Waals surface area contributed by atoms with Gasteiger partial charge in [-0.1, -0.05) is 36.0 Å². The minimum absolute atomic E-state index is 0.109. The number of amides is 1. The van der Waals surface area contributed by atoms with Gasteiger partial charge in [0.1, 0.15) is 5.01 Å². The Bertz CT molecular complexity index is 1670.